The van der Waals surface area contributed by atoms with Crippen molar-refractivity contribution in [2.45, 2.75) is 44.6 Å². The van der Waals surface area contributed by atoms with Gasteiger partial charge in [0.05, 0.1) is 0 Å². The summed E-state index contributed by atoms with van der Waals surface area (Å²) in [5.41, 5.74) is 8.99. The second-order valence-corrected chi connectivity index (χ2v) is 6.21. The molecular formula is C17H26N2. The molecule has 1 heterocycles. The van der Waals surface area contributed by atoms with Gasteiger partial charge in [0.25, 0.3) is 0 Å². The van der Waals surface area contributed by atoms with Gasteiger partial charge >= 0.3 is 0 Å². The first-order valence-electron chi connectivity index (χ1n) is 7.87. The first kappa shape index (κ1) is 13.1. The zero-order valence-corrected chi connectivity index (χ0v) is 12.0. The van der Waals surface area contributed by atoms with Crippen molar-refractivity contribution in [2.24, 2.45) is 11.7 Å². The predicted molar refractivity (Wildman–Crippen MR) is 80.2 cm³/mol. The number of likely N-dealkylation sites (tertiary alicyclic amines) is 1. The van der Waals surface area contributed by atoms with Gasteiger partial charge in [-0.3, -0.25) is 4.90 Å². The Bertz CT molecular complexity index is 408. The number of rotatable bonds is 5. The largest absolute Gasteiger partial charge is 0.330 e. The van der Waals surface area contributed by atoms with Gasteiger partial charge in [-0.15, -0.1) is 0 Å². The fourth-order valence-electron chi connectivity index (χ4n) is 3.58. The first-order valence-corrected chi connectivity index (χ1v) is 7.87. The van der Waals surface area contributed by atoms with E-state index >= 15 is 0 Å². The van der Waals surface area contributed by atoms with Crippen molar-refractivity contribution >= 4 is 0 Å². The number of nitrogens with two attached hydrogens (primary N) is 1. The van der Waals surface area contributed by atoms with E-state index in [9.17, 15) is 0 Å². The molecule has 1 saturated carbocycles. The Kier molecular flexibility index (Phi) is 3.90. The molecule has 2 atom stereocenters. The molecule has 1 aliphatic heterocycles. The monoisotopic (exact) mass is 258 g/mol. The second-order valence-electron chi connectivity index (χ2n) is 6.21. The highest BCUT2D eigenvalue weighted by Gasteiger charge is 2.34. The van der Waals surface area contributed by atoms with Crippen molar-refractivity contribution in [3.63, 3.8) is 0 Å². The summed E-state index contributed by atoms with van der Waals surface area (Å²) in [6, 6.07) is 9.97. The Morgan fingerprint density at radius 3 is 2.37 bits per heavy atom. The zero-order valence-electron chi connectivity index (χ0n) is 12.0. The van der Waals surface area contributed by atoms with Crippen LogP contribution in [0.1, 0.15) is 55.7 Å². The van der Waals surface area contributed by atoms with E-state index in [1.807, 2.05) is 0 Å². The van der Waals surface area contributed by atoms with Crippen LogP contribution in [0.2, 0.25) is 0 Å². The number of hydrogen-bond donors (Lipinski definition) is 1. The van der Waals surface area contributed by atoms with Crippen LogP contribution in [-0.4, -0.2) is 24.5 Å². The van der Waals surface area contributed by atoms with Gasteiger partial charge in [-0.25, -0.2) is 0 Å². The topological polar surface area (TPSA) is 29.3 Å². The standard InChI is InChI=1S/C17H26N2/c1-2-10-19-11-9-16(12-18)17(19)15-7-5-14(6-8-15)13-3-4-13/h5-8,13,16-17H,2-4,9-12,18H2,1H3. The molecular weight excluding hydrogens is 232 g/mol. The second kappa shape index (κ2) is 5.64. The van der Waals surface area contributed by atoms with Gasteiger partial charge in [-0.2, -0.15) is 0 Å². The maximum atomic E-state index is 5.98. The number of benzene rings is 1. The summed E-state index contributed by atoms with van der Waals surface area (Å²) < 4.78 is 0. The van der Waals surface area contributed by atoms with Crippen LogP contribution in [0.3, 0.4) is 0 Å². The van der Waals surface area contributed by atoms with E-state index in [0.29, 0.717) is 12.0 Å². The van der Waals surface area contributed by atoms with Crippen LogP contribution in [0.5, 0.6) is 0 Å². The molecule has 2 unspecified atom stereocenters. The Hall–Kier alpha value is -0.860. The van der Waals surface area contributed by atoms with Crippen LogP contribution in [0.15, 0.2) is 24.3 Å². The average molecular weight is 258 g/mol. The molecule has 0 spiro atoms. The van der Waals surface area contributed by atoms with Crippen molar-refractivity contribution in [2.75, 3.05) is 19.6 Å². The van der Waals surface area contributed by atoms with E-state index in [4.69, 9.17) is 5.73 Å². The maximum Gasteiger partial charge on any atom is 0.0388 e. The van der Waals surface area contributed by atoms with E-state index in [2.05, 4.69) is 36.1 Å². The van der Waals surface area contributed by atoms with Crippen LogP contribution in [-0.2, 0) is 0 Å². The minimum Gasteiger partial charge on any atom is -0.330 e. The van der Waals surface area contributed by atoms with Crippen molar-refractivity contribution < 1.29 is 0 Å². The summed E-state index contributed by atoms with van der Waals surface area (Å²) in [5, 5.41) is 0. The molecule has 2 nitrogen and oxygen atoms in total. The molecule has 104 valence electrons. The molecule has 2 heteroatoms. The Morgan fingerprint density at radius 2 is 1.79 bits per heavy atom. The van der Waals surface area contributed by atoms with Gasteiger partial charge in [0, 0.05) is 6.04 Å². The summed E-state index contributed by atoms with van der Waals surface area (Å²) >= 11 is 0. The highest BCUT2D eigenvalue weighted by molar-refractivity contribution is 5.30. The van der Waals surface area contributed by atoms with Gasteiger partial charge in [0.15, 0.2) is 0 Å². The van der Waals surface area contributed by atoms with Crippen molar-refractivity contribution in [3.8, 4) is 0 Å². The lowest BCUT2D eigenvalue weighted by Gasteiger charge is -2.28. The zero-order chi connectivity index (χ0) is 13.2. The lowest BCUT2D eigenvalue weighted by Crippen LogP contribution is -2.28. The summed E-state index contributed by atoms with van der Waals surface area (Å²) in [6.07, 6.45) is 5.26. The van der Waals surface area contributed by atoms with E-state index in [1.165, 1.54) is 49.9 Å². The van der Waals surface area contributed by atoms with E-state index in [-0.39, 0.29) is 0 Å². The molecule has 2 fully saturated rings. The average Bonchev–Trinajstić information content (AvgIpc) is 3.21. The molecule has 2 aliphatic rings. The molecule has 3 rings (SSSR count). The summed E-state index contributed by atoms with van der Waals surface area (Å²) in [4.78, 5) is 2.63. The number of hydrogen-bond acceptors (Lipinski definition) is 2. The smallest absolute Gasteiger partial charge is 0.0388 e. The molecule has 1 aliphatic carbocycles. The van der Waals surface area contributed by atoms with Gasteiger partial charge < -0.3 is 5.73 Å². The molecule has 19 heavy (non-hydrogen) atoms. The maximum absolute atomic E-state index is 5.98. The number of nitrogens with zero attached hydrogens (tertiary/aromatic N) is 1. The van der Waals surface area contributed by atoms with Gasteiger partial charge in [0.1, 0.15) is 0 Å². The SMILES string of the molecule is CCCN1CCC(CN)C1c1ccc(C2CC2)cc1. The molecule has 0 aromatic heterocycles. The van der Waals surface area contributed by atoms with Crippen LogP contribution < -0.4 is 5.73 Å². The van der Waals surface area contributed by atoms with Crippen molar-refractivity contribution in [1.82, 2.24) is 4.90 Å². The van der Waals surface area contributed by atoms with Gasteiger partial charge in [-0.05, 0) is 68.3 Å². The molecule has 2 N–H and O–H groups in total. The molecule has 0 bridgehead atoms. The summed E-state index contributed by atoms with van der Waals surface area (Å²) in [5.74, 6) is 1.49. The van der Waals surface area contributed by atoms with Crippen LogP contribution >= 0.6 is 0 Å². The van der Waals surface area contributed by atoms with Crippen LogP contribution in [0, 0.1) is 5.92 Å². The molecule has 0 amide bonds. The third-order valence-electron chi connectivity index (χ3n) is 4.77. The Labute approximate surface area is 117 Å². The summed E-state index contributed by atoms with van der Waals surface area (Å²) in [6.45, 7) is 5.49. The van der Waals surface area contributed by atoms with Gasteiger partial charge in [0.2, 0.25) is 0 Å². The minimum atomic E-state index is 0.554. The normalized spacial score (nSPS) is 27.9. The minimum absolute atomic E-state index is 0.554. The summed E-state index contributed by atoms with van der Waals surface area (Å²) in [7, 11) is 0. The third-order valence-corrected chi connectivity index (χ3v) is 4.77. The van der Waals surface area contributed by atoms with E-state index in [1.54, 1.807) is 0 Å². The van der Waals surface area contributed by atoms with Crippen molar-refractivity contribution in [3.05, 3.63) is 35.4 Å². The van der Waals surface area contributed by atoms with E-state index < -0.39 is 0 Å². The molecule has 1 saturated heterocycles. The van der Waals surface area contributed by atoms with Crippen molar-refractivity contribution in [1.29, 1.82) is 0 Å². The van der Waals surface area contributed by atoms with Crippen LogP contribution in [0.25, 0.3) is 0 Å². The quantitative estimate of drug-likeness (QED) is 0.878. The van der Waals surface area contributed by atoms with Gasteiger partial charge in [-0.1, -0.05) is 31.2 Å². The van der Waals surface area contributed by atoms with E-state index in [0.717, 1.165) is 12.5 Å². The highest BCUT2D eigenvalue weighted by Crippen LogP contribution is 2.41. The molecule has 1 aromatic carbocycles. The van der Waals surface area contributed by atoms with Crippen LogP contribution in [0.4, 0.5) is 0 Å². The predicted octanol–water partition coefficient (Wildman–Crippen LogP) is 3.30. The lowest BCUT2D eigenvalue weighted by atomic mass is 9.92. The fraction of sp³-hybridized carbons (Fsp3) is 0.647. The first-order chi connectivity index (χ1) is 9.33. The molecule has 0 radical (unpaired) electrons. The molecule has 1 aromatic rings. The Morgan fingerprint density at radius 1 is 1.11 bits per heavy atom. The lowest BCUT2D eigenvalue weighted by molar-refractivity contribution is 0.230. The third kappa shape index (κ3) is 2.70. The highest BCUT2D eigenvalue weighted by atomic mass is 15.2. The Balaban J connectivity index is 1.79. The fourth-order valence-corrected chi connectivity index (χ4v) is 3.58.